The molecule has 62 valence electrons. The summed E-state index contributed by atoms with van der Waals surface area (Å²) < 4.78 is 10.2. The molecule has 0 spiro atoms. The maximum atomic E-state index is 5.33. The number of nitrogens with one attached hydrogen (secondary N) is 1. The van der Waals surface area contributed by atoms with Crippen LogP contribution in [0.1, 0.15) is 0 Å². The van der Waals surface area contributed by atoms with Crippen LogP contribution in [-0.2, 0) is 9.47 Å². The van der Waals surface area contributed by atoms with Gasteiger partial charge in [0.1, 0.15) is 0 Å². The lowest BCUT2D eigenvalue weighted by Gasteiger charge is -2.22. The molecular formula is C6H14ClNO2. The van der Waals surface area contributed by atoms with Crippen molar-refractivity contribution in [2.45, 2.75) is 6.10 Å². The fraction of sp³-hybridized carbons (Fsp3) is 1.00. The summed E-state index contributed by atoms with van der Waals surface area (Å²) in [6.45, 7) is 3.41. The SMILES string of the molecule is COC[C@H]1CNCCO1.Cl. The smallest absolute Gasteiger partial charge is 0.0932 e. The monoisotopic (exact) mass is 167 g/mol. The lowest BCUT2D eigenvalue weighted by atomic mass is 10.3. The van der Waals surface area contributed by atoms with Gasteiger partial charge in [-0.1, -0.05) is 0 Å². The minimum absolute atomic E-state index is 0. The van der Waals surface area contributed by atoms with Crippen LogP contribution in [0.25, 0.3) is 0 Å². The maximum absolute atomic E-state index is 5.33. The normalized spacial score (nSPS) is 25.5. The Kier molecular flexibility index (Phi) is 6.02. The molecule has 1 aliphatic rings. The Balaban J connectivity index is 0.000000810. The summed E-state index contributed by atoms with van der Waals surface area (Å²) >= 11 is 0. The van der Waals surface area contributed by atoms with Crippen LogP contribution in [0.15, 0.2) is 0 Å². The Morgan fingerprint density at radius 1 is 1.70 bits per heavy atom. The van der Waals surface area contributed by atoms with E-state index in [4.69, 9.17) is 9.47 Å². The zero-order valence-corrected chi connectivity index (χ0v) is 6.95. The summed E-state index contributed by atoms with van der Waals surface area (Å²) in [5.74, 6) is 0. The van der Waals surface area contributed by atoms with Gasteiger partial charge in [0.25, 0.3) is 0 Å². The van der Waals surface area contributed by atoms with Gasteiger partial charge in [-0.05, 0) is 0 Å². The first-order chi connectivity index (χ1) is 4.43. The highest BCUT2D eigenvalue weighted by Gasteiger charge is 2.11. The fourth-order valence-corrected chi connectivity index (χ4v) is 0.913. The van der Waals surface area contributed by atoms with Crippen LogP contribution in [0.2, 0.25) is 0 Å². The number of methoxy groups -OCH3 is 1. The zero-order valence-electron chi connectivity index (χ0n) is 6.13. The van der Waals surface area contributed by atoms with E-state index >= 15 is 0 Å². The molecule has 0 aromatic heterocycles. The second-order valence-corrected chi connectivity index (χ2v) is 2.15. The second-order valence-electron chi connectivity index (χ2n) is 2.15. The molecule has 0 aromatic carbocycles. The number of ether oxygens (including phenoxy) is 2. The van der Waals surface area contributed by atoms with Gasteiger partial charge in [-0.25, -0.2) is 0 Å². The molecule has 1 saturated heterocycles. The van der Waals surface area contributed by atoms with Crippen molar-refractivity contribution < 1.29 is 9.47 Å². The van der Waals surface area contributed by atoms with Gasteiger partial charge in [0.05, 0.1) is 19.3 Å². The number of morpholine rings is 1. The minimum atomic E-state index is 0. The lowest BCUT2D eigenvalue weighted by molar-refractivity contribution is -0.0188. The van der Waals surface area contributed by atoms with E-state index in [1.54, 1.807) is 7.11 Å². The third kappa shape index (κ3) is 3.37. The molecule has 3 nitrogen and oxygen atoms in total. The molecule has 0 saturated carbocycles. The Morgan fingerprint density at radius 2 is 2.50 bits per heavy atom. The molecule has 10 heavy (non-hydrogen) atoms. The van der Waals surface area contributed by atoms with E-state index in [2.05, 4.69) is 5.32 Å². The summed E-state index contributed by atoms with van der Waals surface area (Å²) in [5, 5.41) is 3.21. The minimum Gasteiger partial charge on any atom is -0.382 e. The van der Waals surface area contributed by atoms with Gasteiger partial charge >= 0.3 is 0 Å². The standard InChI is InChI=1S/C6H13NO2.ClH/c1-8-5-6-4-7-2-3-9-6;/h6-7H,2-5H2,1H3;1H/t6-;/m1./s1. The largest absolute Gasteiger partial charge is 0.382 e. The molecule has 1 atom stereocenters. The van der Waals surface area contributed by atoms with Gasteiger partial charge < -0.3 is 14.8 Å². The predicted octanol–water partition coefficient (Wildman–Crippen LogP) is 0.0430. The van der Waals surface area contributed by atoms with Crippen LogP contribution < -0.4 is 5.32 Å². The van der Waals surface area contributed by atoms with Gasteiger partial charge in [0, 0.05) is 20.2 Å². The van der Waals surface area contributed by atoms with Crippen molar-refractivity contribution in [3.05, 3.63) is 0 Å². The molecule has 1 N–H and O–H groups in total. The van der Waals surface area contributed by atoms with E-state index in [1.165, 1.54) is 0 Å². The van der Waals surface area contributed by atoms with Crippen molar-refractivity contribution in [2.24, 2.45) is 0 Å². The molecule has 4 heteroatoms. The van der Waals surface area contributed by atoms with Crippen molar-refractivity contribution in [1.82, 2.24) is 5.32 Å². The van der Waals surface area contributed by atoms with E-state index in [1.807, 2.05) is 0 Å². The quantitative estimate of drug-likeness (QED) is 0.630. The van der Waals surface area contributed by atoms with Crippen LogP contribution in [0.3, 0.4) is 0 Å². The topological polar surface area (TPSA) is 30.5 Å². The van der Waals surface area contributed by atoms with E-state index in [0.717, 1.165) is 19.7 Å². The molecule has 1 fully saturated rings. The Bertz CT molecular complexity index is 73.4. The van der Waals surface area contributed by atoms with Gasteiger partial charge in [-0.15, -0.1) is 12.4 Å². The molecule has 0 bridgehead atoms. The summed E-state index contributed by atoms with van der Waals surface area (Å²) in [5.41, 5.74) is 0. The highest BCUT2D eigenvalue weighted by Crippen LogP contribution is 1.94. The van der Waals surface area contributed by atoms with Gasteiger partial charge in [-0.3, -0.25) is 0 Å². The molecule has 1 rings (SSSR count). The van der Waals surface area contributed by atoms with Crippen molar-refractivity contribution in [3.63, 3.8) is 0 Å². The van der Waals surface area contributed by atoms with Crippen LogP contribution in [-0.4, -0.2) is 39.5 Å². The third-order valence-corrected chi connectivity index (χ3v) is 1.36. The van der Waals surface area contributed by atoms with Crippen LogP contribution in [0, 0.1) is 0 Å². The molecular weight excluding hydrogens is 154 g/mol. The molecule has 0 unspecified atom stereocenters. The zero-order chi connectivity index (χ0) is 6.53. The van der Waals surface area contributed by atoms with Gasteiger partial charge in [-0.2, -0.15) is 0 Å². The Hall–Kier alpha value is 0.170. The third-order valence-electron chi connectivity index (χ3n) is 1.36. The average molecular weight is 168 g/mol. The summed E-state index contributed by atoms with van der Waals surface area (Å²) in [6, 6.07) is 0. The number of hydrogen-bond acceptors (Lipinski definition) is 3. The van der Waals surface area contributed by atoms with Crippen molar-refractivity contribution in [1.29, 1.82) is 0 Å². The molecule has 0 aromatic rings. The fourth-order valence-electron chi connectivity index (χ4n) is 0.913. The first-order valence-corrected chi connectivity index (χ1v) is 3.24. The van der Waals surface area contributed by atoms with E-state index in [9.17, 15) is 0 Å². The lowest BCUT2D eigenvalue weighted by Crippen LogP contribution is -2.40. The average Bonchev–Trinajstić information content (AvgIpc) is 1.91. The predicted molar refractivity (Wildman–Crippen MR) is 41.7 cm³/mol. The van der Waals surface area contributed by atoms with Crippen LogP contribution in [0.4, 0.5) is 0 Å². The number of rotatable bonds is 2. The summed E-state index contributed by atoms with van der Waals surface area (Å²) in [7, 11) is 1.69. The molecule has 0 aliphatic carbocycles. The van der Waals surface area contributed by atoms with Crippen molar-refractivity contribution in [2.75, 3.05) is 33.4 Å². The van der Waals surface area contributed by atoms with E-state index in [0.29, 0.717) is 6.61 Å². The first kappa shape index (κ1) is 10.2. The van der Waals surface area contributed by atoms with E-state index in [-0.39, 0.29) is 18.5 Å². The van der Waals surface area contributed by atoms with Crippen molar-refractivity contribution >= 4 is 12.4 Å². The molecule has 1 aliphatic heterocycles. The Labute approximate surface area is 67.5 Å². The van der Waals surface area contributed by atoms with Crippen LogP contribution in [0.5, 0.6) is 0 Å². The van der Waals surface area contributed by atoms with Crippen LogP contribution >= 0.6 is 12.4 Å². The van der Waals surface area contributed by atoms with Crippen molar-refractivity contribution in [3.8, 4) is 0 Å². The molecule has 0 radical (unpaired) electrons. The second kappa shape index (κ2) is 5.92. The maximum Gasteiger partial charge on any atom is 0.0932 e. The summed E-state index contributed by atoms with van der Waals surface area (Å²) in [4.78, 5) is 0. The highest BCUT2D eigenvalue weighted by atomic mass is 35.5. The molecule has 0 amide bonds. The Morgan fingerprint density at radius 3 is 3.00 bits per heavy atom. The van der Waals surface area contributed by atoms with E-state index < -0.39 is 0 Å². The van der Waals surface area contributed by atoms with Gasteiger partial charge in [0.2, 0.25) is 0 Å². The summed E-state index contributed by atoms with van der Waals surface area (Å²) in [6.07, 6.45) is 0.267. The molecule has 1 heterocycles. The number of hydrogen-bond donors (Lipinski definition) is 1. The number of halogens is 1. The first-order valence-electron chi connectivity index (χ1n) is 3.24. The highest BCUT2D eigenvalue weighted by molar-refractivity contribution is 5.85. The van der Waals surface area contributed by atoms with Gasteiger partial charge in [0.15, 0.2) is 0 Å².